The SMILES string of the molecule is COc1cc(N)c(Cl)cc1C(=O)NCCCCOc1ccc(F)cc1. The number of hydrogen-bond acceptors (Lipinski definition) is 4. The summed E-state index contributed by atoms with van der Waals surface area (Å²) in [5, 5.41) is 3.11. The number of rotatable bonds is 8. The Bertz CT molecular complexity index is 723. The predicted octanol–water partition coefficient (Wildman–Crippen LogP) is 3.66. The van der Waals surface area contributed by atoms with Gasteiger partial charge in [-0.2, -0.15) is 0 Å². The quantitative estimate of drug-likeness (QED) is 0.552. The molecule has 2 aromatic rings. The maximum Gasteiger partial charge on any atom is 0.255 e. The molecular weight excluding hydrogens is 347 g/mol. The van der Waals surface area contributed by atoms with Crippen molar-refractivity contribution in [1.82, 2.24) is 5.32 Å². The Balaban J connectivity index is 1.73. The number of carbonyl (C=O) groups is 1. The van der Waals surface area contributed by atoms with E-state index in [0.29, 0.717) is 40.9 Å². The van der Waals surface area contributed by atoms with Gasteiger partial charge in [-0.05, 0) is 43.2 Å². The zero-order valence-corrected chi connectivity index (χ0v) is 14.6. The van der Waals surface area contributed by atoms with E-state index in [1.54, 1.807) is 12.1 Å². The first-order valence-corrected chi connectivity index (χ1v) is 8.18. The van der Waals surface area contributed by atoms with E-state index in [1.165, 1.54) is 31.4 Å². The van der Waals surface area contributed by atoms with Crippen LogP contribution in [0.15, 0.2) is 36.4 Å². The second-order valence-corrected chi connectivity index (χ2v) is 5.75. The number of unbranched alkanes of at least 4 members (excludes halogenated alkanes) is 1. The number of nitrogens with one attached hydrogen (secondary N) is 1. The van der Waals surface area contributed by atoms with Gasteiger partial charge in [-0.3, -0.25) is 4.79 Å². The zero-order valence-electron chi connectivity index (χ0n) is 13.9. The average Bonchev–Trinajstić information content (AvgIpc) is 2.61. The normalized spacial score (nSPS) is 10.4. The lowest BCUT2D eigenvalue weighted by Crippen LogP contribution is -2.25. The molecule has 0 aliphatic rings. The Hall–Kier alpha value is -2.47. The van der Waals surface area contributed by atoms with Gasteiger partial charge in [0.15, 0.2) is 0 Å². The highest BCUT2D eigenvalue weighted by molar-refractivity contribution is 6.33. The lowest BCUT2D eigenvalue weighted by atomic mass is 10.1. The molecule has 1 amide bonds. The number of carbonyl (C=O) groups excluding carboxylic acids is 1. The summed E-state index contributed by atoms with van der Waals surface area (Å²) in [5.74, 6) is 0.414. The minimum Gasteiger partial charge on any atom is -0.496 e. The monoisotopic (exact) mass is 366 g/mol. The highest BCUT2D eigenvalue weighted by atomic mass is 35.5. The van der Waals surface area contributed by atoms with Crippen LogP contribution in [0.5, 0.6) is 11.5 Å². The van der Waals surface area contributed by atoms with Gasteiger partial charge in [0.2, 0.25) is 0 Å². The summed E-state index contributed by atoms with van der Waals surface area (Å²) >= 11 is 5.96. The number of methoxy groups -OCH3 is 1. The number of nitrogen functional groups attached to an aromatic ring is 1. The van der Waals surface area contributed by atoms with Crippen LogP contribution in [0.3, 0.4) is 0 Å². The van der Waals surface area contributed by atoms with E-state index >= 15 is 0 Å². The van der Waals surface area contributed by atoms with Gasteiger partial charge in [0.1, 0.15) is 17.3 Å². The van der Waals surface area contributed by atoms with Crippen LogP contribution in [0.4, 0.5) is 10.1 Å². The molecule has 0 aliphatic heterocycles. The van der Waals surface area contributed by atoms with Gasteiger partial charge in [0.25, 0.3) is 5.91 Å². The van der Waals surface area contributed by atoms with Gasteiger partial charge < -0.3 is 20.5 Å². The molecule has 25 heavy (non-hydrogen) atoms. The molecule has 2 aromatic carbocycles. The summed E-state index contributed by atoms with van der Waals surface area (Å²) < 4.78 is 23.4. The minimum absolute atomic E-state index is 0.279. The third kappa shape index (κ3) is 5.53. The van der Waals surface area contributed by atoms with Crippen molar-refractivity contribution in [3.05, 3.63) is 52.8 Å². The summed E-state index contributed by atoms with van der Waals surface area (Å²) in [6, 6.07) is 8.86. The Kier molecular flexibility index (Phi) is 6.89. The lowest BCUT2D eigenvalue weighted by molar-refractivity contribution is 0.0949. The summed E-state index contributed by atoms with van der Waals surface area (Å²) in [6.07, 6.45) is 1.48. The van der Waals surface area contributed by atoms with E-state index < -0.39 is 0 Å². The topological polar surface area (TPSA) is 73.6 Å². The number of hydrogen-bond donors (Lipinski definition) is 2. The van der Waals surface area contributed by atoms with Gasteiger partial charge in [-0.1, -0.05) is 11.6 Å². The summed E-state index contributed by atoms with van der Waals surface area (Å²) in [4.78, 5) is 12.2. The van der Waals surface area contributed by atoms with Gasteiger partial charge in [0, 0.05) is 12.6 Å². The molecule has 0 heterocycles. The molecule has 0 bridgehead atoms. The number of anilines is 1. The zero-order chi connectivity index (χ0) is 18.2. The molecule has 0 aromatic heterocycles. The number of amides is 1. The van der Waals surface area contributed by atoms with Gasteiger partial charge in [-0.15, -0.1) is 0 Å². The molecule has 0 spiro atoms. The van der Waals surface area contributed by atoms with Crippen LogP contribution in [0.1, 0.15) is 23.2 Å². The van der Waals surface area contributed by atoms with Crippen molar-refractivity contribution >= 4 is 23.2 Å². The minimum atomic E-state index is -0.298. The highest BCUT2D eigenvalue weighted by Gasteiger charge is 2.14. The van der Waals surface area contributed by atoms with Crippen LogP contribution in [0.2, 0.25) is 5.02 Å². The number of nitrogens with two attached hydrogens (primary N) is 1. The van der Waals surface area contributed by atoms with Crippen molar-refractivity contribution in [2.75, 3.05) is 26.0 Å². The van der Waals surface area contributed by atoms with Crippen LogP contribution < -0.4 is 20.5 Å². The molecule has 0 atom stereocenters. The molecular formula is C18H20ClFN2O3. The van der Waals surface area contributed by atoms with E-state index in [9.17, 15) is 9.18 Å². The van der Waals surface area contributed by atoms with Crippen LogP contribution in [0, 0.1) is 5.82 Å². The summed E-state index contributed by atoms with van der Waals surface area (Å²) in [7, 11) is 1.46. The van der Waals surface area contributed by atoms with E-state index in [-0.39, 0.29) is 11.7 Å². The molecule has 7 heteroatoms. The average molecular weight is 367 g/mol. The first-order chi connectivity index (χ1) is 12.0. The molecule has 0 fully saturated rings. The third-order valence-electron chi connectivity index (χ3n) is 3.50. The molecule has 0 saturated carbocycles. The van der Waals surface area contributed by atoms with E-state index in [0.717, 1.165) is 12.8 Å². The van der Waals surface area contributed by atoms with Crippen molar-refractivity contribution in [2.45, 2.75) is 12.8 Å². The van der Waals surface area contributed by atoms with E-state index in [4.69, 9.17) is 26.8 Å². The molecule has 3 N–H and O–H groups in total. The molecule has 134 valence electrons. The Morgan fingerprint density at radius 3 is 2.64 bits per heavy atom. The highest BCUT2D eigenvalue weighted by Crippen LogP contribution is 2.28. The van der Waals surface area contributed by atoms with Crippen molar-refractivity contribution < 1.29 is 18.7 Å². The van der Waals surface area contributed by atoms with Crippen molar-refractivity contribution in [1.29, 1.82) is 0 Å². The molecule has 2 rings (SSSR count). The second-order valence-electron chi connectivity index (χ2n) is 5.34. The van der Waals surface area contributed by atoms with Crippen LogP contribution in [-0.4, -0.2) is 26.2 Å². The summed E-state index contributed by atoms with van der Waals surface area (Å²) in [5.41, 5.74) is 6.39. The molecule has 0 unspecified atom stereocenters. The molecule has 5 nitrogen and oxygen atoms in total. The first-order valence-electron chi connectivity index (χ1n) is 7.81. The Morgan fingerprint density at radius 2 is 1.96 bits per heavy atom. The number of benzene rings is 2. The standard InChI is InChI=1S/C18H20ClFN2O3/c1-24-17-11-16(21)15(19)10-14(17)18(23)22-8-2-3-9-25-13-6-4-12(20)5-7-13/h4-7,10-11H,2-3,8-9,21H2,1H3,(H,22,23). The summed E-state index contributed by atoms with van der Waals surface area (Å²) in [6.45, 7) is 0.968. The molecule has 0 aliphatic carbocycles. The van der Waals surface area contributed by atoms with Crippen LogP contribution in [-0.2, 0) is 0 Å². The largest absolute Gasteiger partial charge is 0.496 e. The van der Waals surface area contributed by atoms with Crippen LogP contribution in [0.25, 0.3) is 0 Å². The number of halogens is 2. The second kappa shape index (κ2) is 9.13. The Labute approximate surface area is 150 Å². The fraction of sp³-hybridized carbons (Fsp3) is 0.278. The molecule has 0 saturated heterocycles. The van der Waals surface area contributed by atoms with Crippen molar-refractivity contribution in [3.63, 3.8) is 0 Å². The van der Waals surface area contributed by atoms with Gasteiger partial charge in [-0.25, -0.2) is 4.39 Å². The maximum absolute atomic E-state index is 12.8. The fourth-order valence-electron chi connectivity index (χ4n) is 2.16. The smallest absolute Gasteiger partial charge is 0.255 e. The van der Waals surface area contributed by atoms with E-state index in [1.807, 2.05) is 0 Å². The van der Waals surface area contributed by atoms with Crippen molar-refractivity contribution in [3.8, 4) is 11.5 Å². The van der Waals surface area contributed by atoms with E-state index in [2.05, 4.69) is 5.32 Å². The van der Waals surface area contributed by atoms with Gasteiger partial charge in [0.05, 0.1) is 30.0 Å². The fourth-order valence-corrected chi connectivity index (χ4v) is 2.32. The Morgan fingerprint density at radius 1 is 1.24 bits per heavy atom. The third-order valence-corrected chi connectivity index (χ3v) is 3.83. The van der Waals surface area contributed by atoms with Crippen molar-refractivity contribution in [2.24, 2.45) is 0 Å². The van der Waals surface area contributed by atoms with Gasteiger partial charge >= 0.3 is 0 Å². The molecule has 0 radical (unpaired) electrons. The predicted molar refractivity (Wildman–Crippen MR) is 95.9 cm³/mol. The van der Waals surface area contributed by atoms with Crippen LogP contribution >= 0.6 is 11.6 Å². The lowest BCUT2D eigenvalue weighted by Gasteiger charge is -2.11. The number of ether oxygens (including phenoxy) is 2. The first kappa shape index (κ1) is 18.9. The maximum atomic E-state index is 12.8.